The molecule has 3 amide bonds. The van der Waals surface area contributed by atoms with Crippen LogP contribution in [0, 0.1) is 5.92 Å². The second-order valence-corrected chi connectivity index (χ2v) is 10.3. The van der Waals surface area contributed by atoms with Crippen LogP contribution in [-0.2, 0) is 6.54 Å². The number of anilines is 1. The van der Waals surface area contributed by atoms with E-state index in [-0.39, 0.29) is 36.1 Å². The maximum absolute atomic E-state index is 13.6. The van der Waals surface area contributed by atoms with Gasteiger partial charge in [-0.3, -0.25) is 9.69 Å². The van der Waals surface area contributed by atoms with E-state index in [1.54, 1.807) is 54.3 Å². The Hall–Kier alpha value is -3.63. The number of nitrogens with one attached hydrogen (secondary N) is 2. The van der Waals surface area contributed by atoms with E-state index in [1.165, 1.54) is 0 Å². The van der Waals surface area contributed by atoms with Crippen LogP contribution in [0.5, 0.6) is 5.75 Å². The number of urea groups is 1. The van der Waals surface area contributed by atoms with E-state index in [0.717, 1.165) is 5.56 Å². The molecular formula is C28H38N4O6. The lowest BCUT2D eigenvalue weighted by Crippen LogP contribution is -2.49. The highest BCUT2D eigenvalue weighted by Crippen LogP contribution is 2.35. The fourth-order valence-corrected chi connectivity index (χ4v) is 4.42. The van der Waals surface area contributed by atoms with Crippen molar-refractivity contribution in [2.24, 2.45) is 5.92 Å². The number of amides is 3. The minimum atomic E-state index is -0.969. The van der Waals surface area contributed by atoms with Gasteiger partial charge in [-0.25, -0.2) is 9.59 Å². The zero-order chi connectivity index (χ0) is 28.0. The van der Waals surface area contributed by atoms with Gasteiger partial charge in [0.15, 0.2) is 5.75 Å². The number of aliphatic hydroxyl groups is 1. The number of carboxylic acid groups (broad SMARTS) is 1. The van der Waals surface area contributed by atoms with E-state index in [4.69, 9.17) is 9.84 Å². The molecule has 1 aliphatic heterocycles. The predicted molar refractivity (Wildman–Crippen MR) is 145 cm³/mol. The summed E-state index contributed by atoms with van der Waals surface area (Å²) in [7, 11) is 1.94. The van der Waals surface area contributed by atoms with Crippen molar-refractivity contribution in [2.75, 3.05) is 32.1 Å². The maximum Gasteiger partial charge on any atom is 0.335 e. The van der Waals surface area contributed by atoms with E-state index < -0.39 is 18.0 Å². The molecule has 0 radical (unpaired) electrons. The van der Waals surface area contributed by atoms with Crippen molar-refractivity contribution in [1.82, 2.24) is 15.1 Å². The minimum Gasteiger partial charge on any atom is -0.486 e. The number of aromatic carboxylic acids is 1. The standard InChI is InChI=1S/C28H38N4O6/c1-17(2)29-28(37)30-23-8-6-7-22-25(23)38-24(18(3)13-32(26(22)34)19(4)16-33)15-31(5)14-20-9-11-21(12-10-20)27(35)36/h6-12,17-19,24,33H,13-16H2,1-5H3,(H,35,36)(H2,29,30,37)/t18-,19-,24-/m1/s1. The lowest BCUT2D eigenvalue weighted by Gasteiger charge is -2.38. The third-order valence-corrected chi connectivity index (χ3v) is 6.50. The van der Waals surface area contributed by atoms with Gasteiger partial charge in [-0.1, -0.05) is 25.1 Å². The topological polar surface area (TPSA) is 131 Å². The number of benzene rings is 2. The summed E-state index contributed by atoms with van der Waals surface area (Å²) < 4.78 is 6.51. The first-order chi connectivity index (χ1) is 18.0. The lowest BCUT2D eigenvalue weighted by molar-refractivity contribution is 0.0343. The van der Waals surface area contributed by atoms with Gasteiger partial charge < -0.3 is 30.5 Å². The Balaban J connectivity index is 1.91. The first kappa shape index (κ1) is 28.9. The number of para-hydroxylation sites is 1. The van der Waals surface area contributed by atoms with Gasteiger partial charge in [0.1, 0.15) is 6.10 Å². The number of ether oxygens (including phenoxy) is 1. The molecular weight excluding hydrogens is 488 g/mol. The molecule has 0 saturated heterocycles. The smallest absolute Gasteiger partial charge is 0.335 e. The number of carbonyl (C=O) groups is 3. The molecule has 3 rings (SSSR count). The number of hydrogen-bond acceptors (Lipinski definition) is 6. The Morgan fingerprint density at radius 3 is 2.45 bits per heavy atom. The van der Waals surface area contributed by atoms with Crippen LogP contribution < -0.4 is 15.4 Å². The largest absolute Gasteiger partial charge is 0.486 e. The van der Waals surface area contributed by atoms with Crippen LogP contribution in [0.15, 0.2) is 42.5 Å². The molecule has 10 heteroatoms. The van der Waals surface area contributed by atoms with Crippen molar-refractivity contribution >= 4 is 23.6 Å². The molecule has 1 aliphatic rings. The van der Waals surface area contributed by atoms with Gasteiger partial charge in [-0.15, -0.1) is 0 Å². The molecule has 0 aromatic heterocycles. The molecule has 0 fully saturated rings. The average molecular weight is 527 g/mol. The van der Waals surface area contributed by atoms with Crippen LogP contribution >= 0.6 is 0 Å². The van der Waals surface area contributed by atoms with Gasteiger partial charge in [0, 0.05) is 31.6 Å². The van der Waals surface area contributed by atoms with Crippen molar-refractivity contribution in [2.45, 2.75) is 52.4 Å². The highest BCUT2D eigenvalue weighted by Gasteiger charge is 2.34. The van der Waals surface area contributed by atoms with Crippen molar-refractivity contribution < 1.29 is 29.3 Å². The van der Waals surface area contributed by atoms with Crippen LogP contribution in [0.3, 0.4) is 0 Å². The fraction of sp³-hybridized carbons (Fsp3) is 0.464. The highest BCUT2D eigenvalue weighted by atomic mass is 16.5. The quantitative estimate of drug-likeness (QED) is 0.394. The molecule has 10 nitrogen and oxygen atoms in total. The third-order valence-electron chi connectivity index (χ3n) is 6.50. The lowest BCUT2D eigenvalue weighted by atomic mass is 9.98. The molecule has 2 aromatic carbocycles. The van der Waals surface area contributed by atoms with E-state index in [2.05, 4.69) is 15.5 Å². The Bertz CT molecular complexity index is 1140. The molecule has 2 aromatic rings. The van der Waals surface area contributed by atoms with Crippen LogP contribution in [-0.4, -0.2) is 82.9 Å². The minimum absolute atomic E-state index is 0.0741. The number of carbonyl (C=O) groups excluding carboxylic acids is 2. The Kier molecular flexibility index (Phi) is 9.71. The molecule has 0 bridgehead atoms. The summed E-state index contributed by atoms with van der Waals surface area (Å²) in [6.07, 6.45) is -0.352. The number of aliphatic hydroxyl groups excluding tert-OH is 1. The molecule has 206 valence electrons. The van der Waals surface area contributed by atoms with Gasteiger partial charge in [0.25, 0.3) is 5.91 Å². The summed E-state index contributed by atoms with van der Waals surface area (Å²) >= 11 is 0. The van der Waals surface area contributed by atoms with E-state index >= 15 is 0 Å². The van der Waals surface area contributed by atoms with E-state index in [9.17, 15) is 19.5 Å². The van der Waals surface area contributed by atoms with Crippen LogP contribution in [0.25, 0.3) is 0 Å². The number of fused-ring (bicyclic) bond motifs is 1. The summed E-state index contributed by atoms with van der Waals surface area (Å²) in [5, 5.41) is 24.6. The molecule has 3 atom stereocenters. The monoisotopic (exact) mass is 526 g/mol. The fourth-order valence-electron chi connectivity index (χ4n) is 4.42. The Labute approximate surface area is 223 Å². The molecule has 0 aliphatic carbocycles. The molecule has 0 saturated carbocycles. The summed E-state index contributed by atoms with van der Waals surface area (Å²) in [5.74, 6) is -1.05. The SMILES string of the molecule is CC(C)NC(=O)Nc1cccc2c1O[C@H](CN(C)Cc1ccc(C(=O)O)cc1)[C@H](C)CN([C@H](C)CO)C2=O. The first-order valence-electron chi connectivity index (χ1n) is 12.8. The summed E-state index contributed by atoms with van der Waals surface area (Å²) in [5.41, 5.74) is 1.89. The molecule has 38 heavy (non-hydrogen) atoms. The van der Waals surface area contributed by atoms with Gasteiger partial charge in [-0.05, 0) is 57.6 Å². The Morgan fingerprint density at radius 1 is 1.16 bits per heavy atom. The molecule has 1 heterocycles. The van der Waals surface area contributed by atoms with E-state index in [0.29, 0.717) is 36.6 Å². The number of hydrogen-bond donors (Lipinski definition) is 4. The first-order valence-corrected chi connectivity index (χ1v) is 12.8. The van der Waals surface area contributed by atoms with Crippen LogP contribution in [0.4, 0.5) is 10.5 Å². The summed E-state index contributed by atoms with van der Waals surface area (Å²) in [4.78, 5) is 40.9. The van der Waals surface area contributed by atoms with Crippen molar-refractivity contribution in [3.8, 4) is 5.75 Å². The normalized spacial score (nSPS) is 18.3. The van der Waals surface area contributed by atoms with Crippen molar-refractivity contribution in [3.05, 3.63) is 59.2 Å². The second kappa shape index (κ2) is 12.7. The summed E-state index contributed by atoms with van der Waals surface area (Å²) in [6.45, 7) is 8.77. The van der Waals surface area contributed by atoms with Crippen molar-refractivity contribution in [1.29, 1.82) is 0 Å². The number of carboxylic acids is 1. The molecule has 4 N–H and O–H groups in total. The van der Waals surface area contributed by atoms with Gasteiger partial charge >= 0.3 is 12.0 Å². The average Bonchev–Trinajstić information content (AvgIpc) is 2.85. The van der Waals surface area contributed by atoms with Gasteiger partial charge in [-0.2, -0.15) is 0 Å². The third kappa shape index (κ3) is 7.23. The number of likely N-dealkylation sites (N-methyl/N-ethyl adjacent to an activating group) is 1. The Morgan fingerprint density at radius 2 is 1.84 bits per heavy atom. The predicted octanol–water partition coefficient (Wildman–Crippen LogP) is 3.27. The summed E-state index contributed by atoms with van der Waals surface area (Å²) in [6, 6.07) is 10.9. The number of nitrogens with zero attached hydrogens (tertiary/aromatic N) is 2. The zero-order valence-corrected chi connectivity index (χ0v) is 22.6. The van der Waals surface area contributed by atoms with Crippen LogP contribution in [0.1, 0.15) is 54.0 Å². The highest BCUT2D eigenvalue weighted by molar-refractivity contribution is 6.01. The van der Waals surface area contributed by atoms with Gasteiger partial charge in [0.2, 0.25) is 0 Å². The molecule has 0 spiro atoms. The zero-order valence-electron chi connectivity index (χ0n) is 22.6. The maximum atomic E-state index is 13.6. The number of rotatable bonds is 9. The van der Waals surface area contributed by atoms with Crippen LogP contribution in [0.2, 0.25) is 0 Å². The van der Waals surface area contributed by atoms with Gasteiger partial charge in [0.05, 0.1) is 29.5 Å². The second-order valence-electron chi connectivity index (χ2n) is 10.3. The van der Waals surface area contributed by atoms with E-state index in [1.807, 2.05) is 27.8 Å². The van der Waals surface area contributed by atoms with Crippen molar-refractivity contribution in [3.63, 3.8) is 0 Å². The molecule has 0 unspecified atom stereocenters.